The van der Waals surface area contributed by atoms with Gasteiger partial charge in [-0.05, 0) is 42.5 Å². The van der Waals surface area contributed by atoms with Gasteiger partial charge in [0, 0.05) is 5.56 Å². The maximum absolute atomic E-state index is 12.6. The van der Waals surface area contributed by atoms with Gasteiger partial charge in [0.25, 0.3) is 5.56 Å². The van der Waals surface area contributed by atoms with Gasteiger partial charge in [-0.3, -0.25) is 14.2 Å². The molecule has 3 aromatic rings. The van der Waals surface area contributed by atoms with Crippen LogP contribution in [0, 0.1) is 4.77 Å². The zero-order chi connectivity index (χ0) is 15.0. The number of H-pyrrole nitrogens is 1. The van der Waals surface area contributed by atoms with Crippen molar-refractivity contribution in [3.05, 3.63) is 69.2 Å². The van der Waals surface area contributed by atoms with Crippen LogP contribution in [0.25, 0.3) is 16.6 Å². The summed E-state index contributed by atoms with van der Waals surface area (Å²) in [7, 11) is 0. The van der Waals surface area contributed by atoms with E-state index in [1.54, 1.807) is 42.5 Å². The molecule has 0 aliphatic rings. The third kappa shape index (κ3) is 2.25. The van der Waals surface area contributed by atoms with Crippen molar-refractivity contribution in [1.29, 1.82) is 0 Å². The Hall–Kier alpha value is -2.73. The number of aromatic amines is 1. The number of carbonyl (C=O) groups excluding carboxylic acids is 1. The van der Waals surface area contributed by atoms with Crippen molar-refractivity contribution in [1.82, 2.24) is 9.55 Å². The van der Waals surface area contributed by atoms with E-state index in [1.165, 1.54) is 4.57 Å². The number of para-hydroxylation sites is 1. The highest BCUT2D eigenvalue weighted by atomic mass is 32.1. The first-order valence-electron chi connectivity index (χ1n) is 6.22. The highest BCUT2D eigenvalue weighted by Gasteiger charge is 2.09. The lowest BCUT2D eigenvalue weighted by molar-refractivity contribution is 0.100. The quantitative estimate of drug-likeness (QED) is 0.711. The van der Waals surface area contributed by atoms with Crippen LogP contribution in [0.3, 0.4) is 0 Å². The fraction of sp³-hybridized carbons (Fsp3) is 0. The van der Waals surface area contributed by atoms with Crippen LogP contribution >= 0.6 is 12.2 Å². The molecule has 0 fully saturated rings. The van der Waals surface area contributed by atoms with E-state index in [9.17, 15) is 9.59 Å². The first-order valence-corrected chi connectivity index (χ1v) is 6.63. The fourth-order valence-corrected chi connectivity index (χ4v) is 2.49. The van der Waals surface area contributed by atoms with E-state index >= 15 is 0 Å². The van der Waals surface area contributed by atoms with Gasteiger partial charge in [-0.25, -0.2) is 0 Å². The minimum atomic E-state index is -0.555. The van der Waals surface area contributed by atoms with Crippen molar-refractivity contribution in [3.8, 4) is 5.69 Å². The molecule has 0 aliphatic heterocycles. The van der Waals surface area contributed by atoms with Gasteiger partial charge in [-0.1, -0.05) is 18.2 Å². The number of aromatic nitrogens is 2. The van der Waals surface area contributed by atoms with Gasteiger partial charge >= 0.3 is 0 Å². The predicted octanol–water partition coefficient (Wildman–Crippen LogP) is 2.15. The molecule has 1 amide bonds. The number of amides is 1. The van der Waals surface area contributed by atoms with E-state index in [-0.39, 0.29) is 10.3 Å². The van der Waals surface area contributed by atoms with Crippen molar-refractivity contribution < 1.29 is 4.79 Å². The molecule has 0 unspecified atom stereocenters. The molecule has 2 aromatic carbocycles. The summed E-state index contributed by atoms with van der Waals surface area (Å²) in [5, 5.41) is 0.524. The molecule has 0 saturated heterocycles. The Labute approximate surface area is 124 Å². The van der Waals surface area contributed by atoms with Gasteiger partial charge in [0.05, 0.1) is 16.6 Å². The monoisotopic (exact) mass is 297 g/mol. The molecule has 5 nitrogen and oxygen atoms in total. The molecule has 0 spiro atoms. The summed E-state index contributed by atoms with van der Waals surface area (Å²) in [5.41, 5.74) is 6.53. The van der Waals surface area contributed by atoms with E-state index in [0.717, 1.165) is 0 Å². The summed E-state index contributed by atoms with van der Waals surface area (Å²) in [5.74, 6) is -0.555. The Balaban J connectivity index is 2.35. The van der Waals surface area contributed by atoms with Crippen molar-refractivity contribution in [2.75, 3.05) is 0 Å². The molecule has 1 aromatic heterocycles. The third-order valence-corrected chi connectivity index (χ3v) is 3.48. The number of hydrogen-bond donors (Lipinski definition) is 2. The number of nitrogens with two attached hydrogens (primary N) is 1. The summed E-state index contributed by atoms with van der Waals surface area (Å²) in [4.78, 5) is 26.9. The summed E-state index contributed by atoms with van der Waals surface area (Å²) >= 11 is 5.25. The van der Waals surface area contributed by atoms with Crippen LogP contribution in [-0.4, -0.2) is 15.5 Å². The van der Waals surface area contributed by atoms with Crippen molar-refractivity contribution >= 4 is 29.0 Å². The normalized spacial score (nSPS) is 10.7. The molecule has 3 N–H and O–H groups in total. The number of rotatable bonds is 2. The Kier molecular flexibility index (Phi) is 3.15. The van der Waals surface area contributed by atoms with Gasteiger partial charge in [0.1, 0.15) is 0 Å². The zero-order valence-electron chi connectivity index (χ0n) is 10.9. The summed E-state index contributed by atoms with van der Waals surface area (Å²) in [6.45, 7) is 0. The largest absolute Gasteiger partial charge is 0.366 e. The maximum Gasteiger partial charge on any atom is 0.266 e. The highest BCUT2D eigenvalue weighted by molar-refractivity contribution is 7.71. The van der Waals surface area contributed by atoms with Crippen molar-refractivity contribution in [3.63, 3.8) is 0 Å². The number of nitrogens with one attached hydrogen (secondary N) is 1. The molecule has 3 rings (SSSR count). The van der Waals surface area contributed by atoms with E-state index in [4.69, 9.17) is 18.0 Å². The summed E-state index contributed by atoms with van der Waals surface area (Å²) < 4.78 is 1.62. The fourth-order valence-electron chi connectivity index (χ4n) is 2.20. The van der Waals surface area contributed by atoms with Gasteiger partial charge in [-0.15, -0.1) is 0 Å². The maximum atomic E-state index is 12.6. The number of nitrogens with zero attached hydrogens (tertiary/aromatic N) is 1. The van der Waals surface area contributed by atoms with E-state index in [0.29, 0.717) is 22.2 Å². The molecule has 0 saturated carbocycles. The molecule has 21 heavy (non-hydrogen) atoms. The molecular weight excluding hydrogens is 286 g/mol. The molecular formula is C15H11N3O2S. The first-order chi connectivity index (χ1) is 10.1. The second kappa shape index (κ2) is 4.99. The zero-order valence-corrected chi connectivity index (χ0v) is 11.7. The Bertz CT molecular complexity index is 972. The molecule has 1 heterocycles. The number of primary amides is 1. The van der Waals surface area contributed by atoms with E-state index in [1.807, 2.05) is 6.07 Å². The lowest BCUT2D eigenvalue weighted by atomic mass is 10.2. The predicted molar refractivity (Wildman–Crippen MR) is 83.2 cm³/mol. The SMILES string of the molecule is NC(=O)c1cccc(-n2c(=S)[nH]c3ccccc3c2=O)c1. The molecule has 6 heteroatoms. The number of benzene rings is 2. The third-order valence-electron chi connectivity index (χ3n) is 3.19. The van der Waals surface area contributed by atoms with Crippen LogP contribution in [0.5, 0.6) is 0 Å². The Morgan fingerprint density at radius 3 is 2.67 bits per heavy atom. The van der Waals surface area contributed by atoms with Crippen molar-refractivity contribution in [2.24, 2.45) is 5.73 Å². The first kappa shape index (κ1) is 13.3. The van der Waals surface area contributed by atoms with Crippen LogP contribution < -0.4 is 11.3 Å². The van der Waals surface area contributed by atoms with Crippen LogP contribution in [0.1, 0.15) is 10.4 Å². The number of fused-ring (bicyclic) bond motifs is 1. The topological polar surface area (TPSA) is 80.9 Å². The minimum Gasteiger partial charge on any atom is -0.366 e. The Morgan fingerprint density at radius 1 is 1.14 bits per heavy atom. The van der Waals surface area contributed by atoms with Gasteiger partial charge in [-0.2, -0.15) is 0 Å². The summed E-state index contributed by atoms with van der Waals surface area (Å²) in [6.07, 6.45) is 0. The van der Waals surface area contributed by atoms with Gasteiger partial charge in [0.2, 0.25) is 5.91 Å². The van der Waals surface area contributed by atoms with Crippen molar-refractivity contribution in [2.45, 2.75) is 0 Å². The van der Waals surface area contributed by atoms with Crippen LogP contribution in [0.2, 0.25) is 0 Å². The molecule has 0 aliphatic carbocycles. The lowest BCUT2D eigenvalue weighted by Gasteiger charge is -2.08. The molecule has 0 atom stereocenters. The van der Waals surface area contributed by atoms with E-state index < -0.39 is 5.91 Å². The highest BCUT2D eigenvalue weighted by Crippen LogP contribution is 2.12. The molecule has 0 bridgehead atoms. The summed E-state index contributed by atoms with van der Waals surface area (Å²) in [6, 6.07) is 13.6. The second-order valence-electron chi connectivity index (χ2n) is 4.53. The number of carbonyl (C=O) groups is 1. The van der Waals surface area contributed by atoms with E-state index in [2.05, 4.69) is 4.98 Å². The van der Waals surface area contributed by atoms with Gasteiger partial charge < -0.3 is 10.7 Å². The van der Waals surface area contributed by atoms with Gasteiger partial charge in [0.15, 0.2) is 4.77 Å². The Morgan fingerprint density at radius 2 is 1.90 bits per heavy atom. The molecule has 0 radical (unpaired) electrons. The average molecular weight is 297 g/mol. The molecule has 104 valence electrons. The lowest BCUT2D eigenvalue weighted by Crippen LogP contribution is -2.21. The van der Waals surface area contributed by atoms with Crippen LogP contribution in [0.15, 0.2) is 53.3 Å². The standard InChI is InChI=1S/C15H11N3O2S/c16-13(19)9-4-3-5-10(8-9)18-14(20)11-6-1-2-7-12(11)17-15(18)21/h1-8H,(H2,16,19)(H,17,21). The average Bonchev–Trinajstić information content (AvgIpc) is 2.47. The second-order valence-corrected chi connectivity index (χ2v) is 4.92. The number of hydrogen-bond acceptors (Lipinski definition) is 3. The smallest absolute Gasteiger partial charge is 0.266 e. The minimum absolute atomic E-state index is 0.240. The van der Waals surface area contributed by atoms with Crippen LogP contribution in [0.4, 0.5) is 0 Å². The van der Waals surface area contributed by atoms with Crippen LogP contribution in [-0.2, 0) is 0 Å².